The Balaban J connectivity index is 1.27. The molecule has 1 spiro atoms. The molecule has 0 aliphatic carbocycles. The van der Waals surface area contributed by atoms with Gasteiger partial charge in [0.25, 0.3) is 11.8 Å². The average Bonchev–Trinajstić information content (AvgIpc) is 3.47. The van der Waals surface area contributed by atoms with Crippen LogP contribution in [0.1, 0.15) is 52.9 Å². The van der Waals surface area contributed by atoms with E-state index in [0.29, 0.717) is 22.9 Å². The van der Waals surface area contributed by atoms with Crippen molar-refractivity contribution in [3.63, 3.8) is 0 Å². The second-order valence-corrected chi connectivity index (χ2v) is 8.95. The van der Waals surface area contributed by atoms with Gasteiger partial charge in [-0.3, -0.25) is 9.69 Å². The van der Waals surface area contributed by atoms with Crippen molar-refractivity contribution in [2.45, 2.75) is 39.2 Å². The van der Waals surface area contributed by atoms with Crippen molar-refractivity contribution >= 4 is 5.91 Å². The standard InChI is InChI=1S/C23H27N5O3/c1-15-19(16(2)30-25-15)22(29)28-11-9-23(10-12-28)13-18(27(3)14-23)20-24-21(31-26-20)17-7-5-4-6-8-17/h4-8,18H,9-14H2,1-3H3. The molecule has 5 rings (SSSR count). The number of rotatable bonds is 3. The molecule has 3 aromatic rings. The number of carbonyl (C=O) groups excluding carboxylic acids is 1. The molecule has 8 nitrogen and oxygen atoms in total. The van der Waals surface area contributed by atoms with E-state index in [2.05, 4.69) is 27.2 Å². The summed E-state index contributed by atoms with van der Waals surface area (Å²) in [5.74, 6) is 1.92. The van der Waals surface area contributed by atoms with Gasteiger partial charge in [-0.05, 0) is 57.7 Å². The second kappa shape index (κ2) is 7.60. The minimum absolute atomic E-state index is 0.0275. The number of likely N-dealkylation sites (tertiary alicyclic amines) is 2. The molecule has 1 amide bonds. The van der Waals surface area contributed by atoms with Crippen LogP contribution in [-0.4, -0.2) is 57.7 Å². The summed E-state index contributed by atoms with van der Waals surface area (Å²) < 4.78 is 10.7. The van der Waals surface area contributed by atoms with E-state index in [-0.39, 0.29) is 17.4 Å². The Morgan fingerprint density at radius 3 is 2.52 bits per heavy atom. The minimum Gasteiger partial charge on any atom is -0.361 e. The van der Waals surface area contributed by atoms with Crippen LogP contribution in [0, 0.1) is 19.3 Å². The molecule has 0 radical (unpaired) electrons. The van der Waals surface area contributed by atoms with Crippen molar-refractivity contribution in [3.05, 3.63) is 53.2 Å². The molecule has 162 valence electrons. The molecule has 2 aromatic heterocycles. The minimum atomic E-state index is 0.0275. The lowest BCUT2D eigenvalue weighted by Crippen LogP contribution is -2.44. The molecule has 4 heterocycles. The lowest BCUT2D eigenvalue weighted by atomic mass is 9.76. The predicted octanol–water partition coefficient (Wildman–Crippen LogP) is 3.64. The number of hydrogen-bond acceptors (Lipinski definition) is 7. The highest BCUT2D eigenvalue weighted by Gasteiger charge is 2.47. The van der Waals surface area contributed by atoms with Gasteiger partial charge in [-0.25, -0.2) is 0 Å². The summed E-state index contributed by atoms with van der Waals surface area (Å²) in [6.07, 6.45) is 2.91. The molecule has 31 heavy (non-hydrogen) atoms. The molecule has 2 aliphatic heterocycles. The maximum absolute atomic E-state index is 13.0. The summed E-state index contributed by atoms with van der Waals surface area (Å²) in [6.45, 7) is 6.07. The summed E-state index contributed by atoms with van der Waals surface area (Å²) in [4.78, 5) is 21.9. The fraction of sp³-hybridized carbons (Fsp3) is 0.478. The molecule has 0 bridgehead atoms. The smallest absolute Gasteiger partial charge is 0.259 e. The van der Waals surface area contributed by atoms with Gasteiger partial charge in [0.1, 0.15) is 11.3 Å². The zero-order valence-corrected chi connectivity index (χ0v) is 18.2. The largest absolute Gasteiger partial charge is 0.361 e. The predicted molar refractivity (Wildman–Crippen MR) is 113 cm³/mol. The Morgan fingerprint density at radius 2 is 1.84 bits per heavy atom. The van der Waals surface area contributed by atoms with Gasteiger partial charge in [0.05, 0.1) is 11.7 Å². The first-order valence-electron chi connectivity index (χ1n) is 10.8. The van der Waals surface area contributed by atoms with Gasteiger partial charge in [0, 0.05) is 25.2 Å². The molecule has 2 aliphatic rings. The van der Waals surface area contributed by atoms with E-state index in [9.17, 15) is 4.79 Å². The first-order chi connectivity index (χ1) is 15.0. The maximum Gasteiger partial charge on any atom is 0.259 e. The van der Waals surface area contributed by atoms with Gasteiger partial charge in [0.2, 0.25) is 0 Å². The van der Waals surface area contributed by atoms with Crippen molar-refractivity contribution in [1.29, 1.82) is 0 Å². The quantitative estimate of drug-likeness (QED) is 0.638. The molecule has 1 unspecified atom stereocenters. The summed E-state index contributed by atoms with van der Waals surface area (Å²) in [5.41, 5.74) is 2.37. The Hall–Kier alpha value is -3.00. The Bertz CT molecular complexity index is 1060. The van der Waals surface area contributed by atoms with E-state index in [0.717, 1.165) is 50.3 Å². The molecule has 8 heteroatoms. The Labute approximate surface area is 181 Å². The van der Waals surface area contributed by atoms with E-state index in [1.165, 1.54) is 0 Å². The molecule has 0 saturated carbocycles. The third-order valence-corrected chi connectivity index (χ3v) is 6.86. The van der Waals surface area contributed by atoms with Crippen LogP contribution in [0.2, 0.25) is 0 Å². The van der Waals surface area contributed by atoms with Crippen LogP contribution in [0.15, 0.2) is 39.4 Å². The third kappa shape index (κ3) is 3.54. The molecular formula is C23H27N5O3. The Kier molecular flexibility index (Phi) is 4.89. The average molecular weight is 422 g/mol. The lowest BCUT2D eigenvalue weighted by Gasteiger charge is -2.39. The molecule has 2 fully saturated rings. The van der Waals surface area contributed by atoms with Crippen molar-refractivity contribution in [2.75, 3.05) is 26.7 Å². The number of hydrogen-bond donors (Lipinski definition) is 0. The van der Waals surface area contributed by atoms with E-state index in [4.69, 9.17) is 9.05 Å². The molecular weight excluding hydrogens is 394 g/mol. The molecule has 1 atom stereocenters. The summed E-state index contributed by atoms with van der Waals surface area (Å²) in [5, 5.41) is 8.22. The molecule has 1 aromatic carbocycles. The SMILES string of the molecule is Cc1noc(C)c1C(=O)N1CCC2(CC1)CC(c1noc(-c3ccccc3)n1)N(C)C2. The monoisotopic (exact) mass is 421 g/mol. The van der Waals surface area contributed by atoms with Crippen molar-refractivity contribution in [3.8, 4) is 11.5 Å². The summed E-state index contributed by atoms with van der Waals surface area (Å²) in [6, 6.07) is 9.98. The normalized spacial score (nSPS) is 21.1. The van der Waals surface area contributed by atoms with E-state index in [1.54, 1.807) is 6.92 Å². The van der Waals surface area contributed by atoms with Crippen molar-refractivity contribution in [1.82, 2.24) is 25.1 Å². The van der Waals surface area contributed by atoms with Crippen LogP contribution in [0.3, 0.4) is 0 Å². The van der Waals surface area contributed by atoms with E-state index >= 15 is 0 Å². The van der Waals surface area contributed by atoms with Crippen molar-refractivity contribution in [2.24, 2.45) is 5.41 Å². The topological polar surface area (TPSA) is 88.5 Å². The van der Waals surface area contributed by atoms with Crippen LogP contribution >= 0.6 is 0 Å². The van der Waals surface area contributed by atoms with Crippen LogP contribution in [-0.2, 0) is 0 Å². The maximum atomic E-state index is 13.0. The second-order valence-electron chi connectivity index (χ2n) is 8.95. The highest BCUT2D eigenvalue weighted by Crippen LogP contribution is 2.48. The number of carbonyl (C=O) groups is 1. The van der Waals surface area contributed by atoms with Gasteiger partial charge in [-0.15, -0.1) is 0 Å². The van der Waals surface area contributed by atoms with Gasteiger partial charge in [-0.1, -0.05) is 28.5 Å². The number of benzene rings is 1. The molecule has 0 N–H and O–H groups in total. The van der Waals surface area contributed by atoms with Crippen LogP contribution in [0.4, 0.5) is 0 Å². The highest BCUT2D eigenvalue weighted by atomic mass is 16.5. The Morgan fingerprint density at radius 1 is 1.10 bits per heavy atom. The third-order valence-electron chi connectivity index (χ3n) is 6.86. The molecule has 2 saturated heterocycles. The number of nitrogens with zero attached hydrogens (tertiary/aromatic N) is 5. The zero-order valence-electron chi connectivity index (χ0n) is 18.2. The van der Waals surface area contributed by atoms with E-state index in [1.807, 2.05) is 42.2 Å². The van der Waals surface area contributed by atoms with Crippen LogP contribution in [0.25, 0.3) is 11.5 Å². The first-order valence-corrected chi connectivity index (χ1v) is 10.8. The van der Waals surface area contributed by atoms with Crippen molar-refractivity contribution < 1.29 is 13.8 Å². The summed E-state index contributed by atoms with van der Waals surface area (Å²) in [7, 11) is 2.12. The zero-order chi connectivity index (χ0) is 21.6. The number of amides is 1. The van der Waals surface area contributed by atoms with Gasteiger partial charge in [0.15, 0.2) is 5.82 Å². The number of piperidine rings is 1. The van der Waals surface area contributed by atoms with Gasteiger partial charge >= 0.3 is 0 Å². The lowest BCUT2D eigenvalue weighted by molar-refractivity contribution is 0.0591. The van der Waals surface area contributed by atoms with E-state index < -0.39 is 0 Å². The van der Waals surface area contributed by atoms with Gasteiger partial charge < -0.3 is 13.9 Å². The summed E-state index contributed by atoms with van der Waals surface area (Å²) >= 11 is 0. The first kappa shape index (κ1) is 19.9. The number of aromatic nitrogens is 3. The fourth-order valence-electron chi connectivity index (χ4n) is 5.12. The number of aryl methyl sites for hydroxylation is 2. The highest BCUT2D eigenvalue weighted by molar-refractivity contribution is 5.96. The van der Waals surface area contributed by atoms with Crippen LogP contribution < -0.4 is 0 Å². The van der Waals surface area contributed by atoms with Crippen LogP contribution in [0.5, 0.6) is 0 Å². The van der Waals surface area contributed by atoms with Gasteiger partial charge in [-0.2, -0.15) is 4.98 Å². The fourth-order valence-corrected chi connectivity index (χ4v) is 5.12.